The molecule has 0 amide bonds. The summed E-state index contributed by atoms with van der Waals surface area (Å²) in [7, 11) is 0. The van der Waals surface area contributed by atoms with Crippen molar-refractivity contribution in [2.75, 3.05) is 0 Å². The van der Waals surface area contributed by atoms with Gasteiger partial charge in [0.1, 0.15) is 6.33 Å². The Kier molecular flexibility index (Phi) is 4.89. The van der Waals surface area contributed by atoms with Crippen molar-refractivity contribution in [1.82, 2.24) is 15.2 Å². The number of rotatable bonds is 5. The maximum atomic E-state index is 13.2. The molecule has 1 heterocycles. The summed E-state index contributed by atoms with van der Waals surface area (Å²) in [6, 6.07) is 3.97. The van der Waals surface area contributed by atoms with Crippen LogP contribution in [0.5, 0.6) is 0 Å². The standard InChI is InChI=1S/C13H15F3N4S/c1-2-9(17)5-8-3-4-10(6-11(8)13(14,15)16)21-12-18-7-19-20-12/h3-4,6-7,9H,2,5,17H2,1H3,(H,18,19,20). The van der Waals surface area contributed by atoms with Crippen LogP contribution in [0.4, 0.5) is 13.2 Å². The van der Waals surface area contributed by atoms with Gasteiger partial charge < -0.3 is 5.73 Å². The second kappa shape index (κ2) is 6.48. The average Bonchev–Trinajstić information content (AvgIpc) is 2.92. The number of benzene rings is 1. The number of nitrogens with zero attached hydrogens (tertiary/aromatic N) is 2. The molecule has 0 saturated heterocycles. The molecule has 0 aliphatic carbocycles. The Morgan fingerprint density at radius 3 is 2.71 bits per heavy atom. The third-order valence-electron chi connectivity index (χ3n) is 3.00. The van der Waals surface area contributed by atoms with E-state index in [4.69, 9.17) is 5.73 Å². The van der Waals surface area contributed by atoms with Gasteiger partial charge in [0.25, 0.3) is 0 Å². The molecule has 4 nitrogen and oxygen atoms in total. The normalized spacial score (nSPS) is 13.4. The van der Waals surface area contributed by atoms with E-state index in [9.17, 15) is 13.2 Å². The van der Waals surface area contributed by atoms with Gasteiger partial charge in [0.15, 0.2) is 5.16 Å². The SMILES string of the molecule is CCC(N)Cc1ccc(Sc2ncn[nH]2)cc1C(F)(F)F. The van der Waals surface area contributed by atoms with E-state index in [-0.39, 0.29) is 18.0 Å². The van der Waals surface area contributed by atoms with Crippen molar-refractivity contribution >= 4 is 11.8 Å². The van der Waals surface area contributed by atoms with Gasteiger partial charge in [-0.15, -0.1) is 0 Å². The van der Waals surface area contributed by atoms with Crippen LogP contribution in [0.2, 0.25) is 0 Å². The predicted octanol–water partition coefficient (Wildman–Crippen LogP) is 3.25. The summed E-state index contributed by atoms with van der Waals surface area (Å²) >= 11 is 1.10. The fraction of sp³-hybridized carbons (Fsp3) is 0.385. The molecular weight excluding hydrogens is 301 g/mol. The maximum absolute atomic E-state index is 13.2. The van der Waals surface area contributed by atoms with E-state index >= 15 is 0 Å². The Bertz CT molecular complexity index is 584. The molecule has 1 unspecified atom stereocenters. The highest BCUT2D eigenvalue weighted by Gasteiger charge is 2.33. The summed E-state index contributed by atoms with van der Waals surface area (Å²) in [5.41, 5.74) is 5.35. The fourth-order valence-corrected chi connectivity index (χ4v) is 2.58. The molecule has 2 aromatic rings. The van der Waals surface area contributed by atoms with Crippen LogP contribution < -0.4 is 5.73 Å². The summed E-state index contributed by atoms with van der Waals surface area (Å²) in [4.78, 5) is 4.33. The van der Waals surface area contributed by atoms with Gasteiger partial charge in [-0.2, -0.15) is 18.3 Å². The number of H-pyrrole nitrogens is 1. The fourth-order valence-electron chi connectivity index (χ4n) is 1.84. The number of nitrogens with two attached hydrogens (primary N) is 1. The highest BCUT2D eigenvalue weighted by molar-refractivity contribution is 7.99. The number of aromatic nitrogens is 3. The Labute approximate surface area is 124 Å². The highest BCUT2D eigenvalue weighted by atomic mass is 32.2. The third-order valence-corrected chi connectivity index (χ3v) is 3.88. The van der Waals surface area contributed by atoms with E-state index in [1.807, 2.05) is 6.92 Å². The van der Waals surface area contributed by atoms with Crippen LogP contribution in [0.3, 0.4) is 0 Å². The largest absolute Gasteiger partial charge is 0.416 e. The number of alkyl halides is 3. The van der Waals surface area contributed by atoms with Gasteiger partial charge in [-0.3, -0.25) is 5.10 Å². The molecule has 8 heteroatoms. The number of nitrogens with one attached hydrogen (secondary N) is 1. The molecule has 1 atom stereocenters. The van der Waals surface area contributed by atoms with Gasteiger partial charge in [-0.05, 0) is 30.5 Å². The lowest BCUT2D eigenvalue weighted by Crippen LogP contribution is -2.23. The first kappa shape index (κ1) is 15.8. The first-order valence-corrected chi connectivity index (χ1v) is 7.20. The van der Waals surface area contributed by atoms with Crippen LogP contribution in [-0.4, -0.2) is 21.2 Å². The number of hydrogen-bond acceptors (Lipinski definition) is 4. The molecule has 2 rings (SSSR count). The first-order valence-electron chi connectivity index (χ1n) is 6.39. The van der Waals surface area contributed by atoms with E-state index in [1.54, 1.807) is 6.07 Å². The maximum Gasteiger partial charge on any atom is 0.416 e. The molecular formula is C13H15F3N4S. The van der Waals surface area contributed by atoms with Gasteiger partial charge in [-0.25, -0.2) is 4.98 Å². The molecule has 1 aromatic carbocycles. The van der Waals surface area contributed by atoms with Crippen LogP contribution in [0.15, 0.2) is 34.6 Å². The van der Waals surface area contributed by atoms with E-state index in [2.05, 4.69) is 15.2 Å². The summed E-state index contributed by atoms with van der Waals surface area (Å²) < 4.78 is 39.5. The lowest BCUT2D eigenvalue weighted by molar-refractivity contribution is -0.138. The molecule has 114 valence electrons. The van der Waals surface area contributed by atoms with Crippen molar-refractivity contribution in [2.24, 2.45) is 5.73 Å². The molecule has 0 radical (unpaired) electrons. The molecule has 0 aliphatic rings. The van der Waals surface area contributed by atoms with Gasteiger partial charge in [0.05, 0.1) is 5.56 Å². The molecule has 0 spiro atoms. The molecule has 21 heavy (non-hydrogen) atoms. The topological polar surface area (TPSA) is 67.6 Å². The van der Waals surface area contributed by atoms with E-state index in [0.29, 0.717) is 16.5 Å². The smallest absolute Gasteiger partial charge is 0.327 e. The summed E-state index contributed by atoms with van der Waals surface area (Å²) in [5, 5.41) is 6.71. The van der Waals surface area contributed by atoms with Gasteiger partial charge in [0, 0.05) is 10.9 Å². The van der Waals surface area contributed by atoms with Crippen LogP contribution >= 0.6 is 11.8 Å². The van der Waals surface area contributed by atoms with E-state index in [1.165, 1.54) is 12.4 Å². The van der Waals surface area contributed by atoms with Crippen molar-refractivity contribution in [2.45, 2.75) is 42.0 Å². The molecule has 0 saturated carbocycles. The Balaban J connectivity index is 2.30. The van der Waals surface area contributed by atoms with Gasteiger partial charge >= 0.3 is 6.18 Å². The zero-order valence-electron chi connectivity index (χ0n) is 11.3. The lowest BCUT2D eigenvalue weighted by atomic mass is 9.99. The van der Waals surface area contributed by atoms with Crippen LogP contribution in [0, 0.1) is 0 Å². The summed E-state index contributed by atoms with van der Waals surface area (Å²) in [6.45, 7) is 1.85. The van der Waals surface area contributed by atoms with E-state index < -0.39 is 11.7 Å². The number of halogens is 3. The van der Waals surface area contributed by atoms with Crippen LogP contribution in [-0.2, 0) is 12.6 Å². The minimum atomic E-state index is -4.40. The monoisotopic (exact) mass is 316 g/mol. The Morgan fingerprint density at radius 2 is 2.14 bits per heavy atom. The Hall–Kier alpha value is -1.54. The summed E-state index contributed by atoms with van der Waals surface area (Å²) in [5.74, 6) is 0. The van der Waals surface area contributed by atoms with Crippen LogP contribution in [0.25, 0.3) is 0 Å². The first-order chi connectivity index (χ1) is 9.90. The molecule has 0 fully saturated rings. The van der Waals surface area contributed by atoms with Gasteiger partial charge in [0.2, 0.25) is 0 Å². The van der Waals surface area contributed by atoms with Gasteiger partial charge in [-0.1, -0.05) is 24.8 Å². The van der Waals surface area contributed by atoms with Crippen molar-refractivity contribution < 1.29 is 13.2 Å². The number of hydrogen-bond donors (Lipinski definition) is 2. The second-order valence-corrected chi connectivity index (χ2v) is 5.64. The van der Waals surface area contributed by atoms with Crippen molar-refractivity contribution in [3.63, 3.8) is 0 Å². The zero-order valence-corrected chi connectivity index (χ0v) is 12.1. The lowest BCUT2D eigenvalue weighted by Gasteiger charge is -2.16. The second-order valence-electron chi connectivity index (χ2n) is 4.58. The molecule has 3 N–H and O–H groups in total. The molecule has 0 aliphatic heterocycles. The quantitative estimate of drug-likeness (QED) is 0.888. The number of aromatic amines is 1. The highest BCUT2D eigenvalue weighted by Crippen LogP contribution is 2.36. The zero-order chi connectivity index (χ0) is 15.5. The van der Waals surface area contributed by atoms with E-state index in [0.717, 1.165) is 17.8 Å². The minimum Gasteiger partial charge on any atom is -0.327 e. The third kappa shape index (κ3) is 4.21. The predicted molar refractivity (Wildman–Crippen MR) is 73.9 cm³/mol. The van der Waals surface area contributed by atoms with Crippen molar-refractivity contribution in [3.8, 4) is 0 Å². The molecule has 0 bridgehead atoms. The minimum absolute atomic E-state index is 0.207. The van der Waals surface area contributed by atoms with Crippen LogP contribution in [0.1, 0.15) is 24.5 Å². The van der Waals surface area contributed by atoms with Crippen molar-refractivity contribution in [1.29, 1.82) is 0 Å². The summed E-state index contributed by atoms with van der Waals surface area (Å²) in [6.07, 6.45) is -2.26. The van der Waals surface area contributed by atoms with Crippen molar-refractivity contribution in [3.05, 3.63) is 35.7 Å². The molecule has 1 aromatic heterocycles. The average molecular weight is 316 g/mol. The Morgan fingerprint density at radius 1 is 1.38 bits per heavy atom.